The number of aryl methyl sites for hydroxylation is 1. The number of amides is 1. The fourth-order valence-electron chi connectivity index (χ4n) is 3.97. The van der Waals surface area contributed by atoms with Crippen LogP contribution in [0.5, 0.6) is 11.5 Å². The van der Waals surface area contributed by atoms with Gasteiger partial charge in [-0.2, -0.15) is 0 Å². The number of nitrogens with one attached hydrogen (secondary N) is 1. The van der Waals surface area contributed by atoms with Gasteiger partial charge in [-0.25, -0.2) is 9.37 Å². The highest BCUT2D eigenvalue weighted by Gasteiger charge is 2.27. The topological polar surface area (TPSA) is 67.5 Å². The number of carbonyl (C=O) groups excluding carboxylic acids is 1. The van der Waals surface area contributed by atoms with E-state index in [0.717, 1.165) is 34.5 Å². The zero-order chi connectivity index (χ0) is 19.3. The molecule has 2 aliphatic heterocycles. The molecule has 28 heavy (non-hydrogen) atoms. The van der Waals surface area contributed by atoms with Crippen molar-refractivity contribution in [3.63, 3.8) is 0 Å². The summed E-state index contributed by atoms with van der Waals surface area (Å²) in [7, 11) is 0. The number of ether oxygens (including phenoxy) is 2. The van der Waals surface area contributed by atoms with Gasteiger partial charge in [-0.15, -0.1) is 0 Å². The Hall–Kier alpha value is -3.09. The molecule has 5 rings (SSSR count). The van der Waals surface area contributed by atoms with Crippen LogP contribution >= 0.6 is 0 Å². The van der Waals surface area contributed by atoms with E-state index >= 15 is 0 Å². The number of hydrogen-bond acceptors (Lipinski definition) is 4. The van der Waals surface area contributed by atoms with Crippen LogP contribution in [0.2, 0.25) is 0 Å². The minimum absolute atomic E-state index is 0.119. The molecule has 2 aromatic carbocycles. The molecule has 1 aromatic heterocycles. The van der Waals surface area contributed by atoms with E-state index in [0.29, 0.717) is 37.5 Å². The molecule has 3 heterocycles. The normalized spacial score (nSPS) is 19.0. The van der Waals surface area contributed by atoms with Crippen LogP contribution in [0.1, 0.15) is 36.8 Å². The van der Waals surface area contributed by atoms with Gasteiger partial charge in [0.25, 0.3) is 0 Å². The average Bonchev–Trinajstić information content (AvgIpc) is 3.26. The van der Waals surface area contributed by atoms with E-state index in [4.69, 9.17) is 9.47 Å². The van der Waals surface area contributed by atoms with E-state index in [1.807, 2.05) is 19.1 Å². The summed E-state index contributed by atoms with van der Waals surface area (Å²) in [5.74, 6) is 1.68. The Morgan fingerprint density at radius 1 is 1.32 bits per heavy atom. The molecule has 1 fully saturated rings. The van der Waals surface area contributed by atoms with Gasteiger partial charge in [0.15, 0.2) is 0 Å². The van der Waals surface area contributed by atoms with Crippen molar-refractivity contribution < 1.29 is 18.7 Å². The molecule has 1 unspecified atom stereocenters. The number of aromatic amines is 1. The predicted octanol–water partition coefficient (Wildman–Crippen LogP) is 4.04. The van der Waals surface area contributed by atoms with Gasteiger partial charge in [0.2, 0.25) is 5.91 Å². The molecule has 0 radical (unpaired) electrons. The third-order valence-electron chi connectivity index (χ3n) is 5.27. The predicted molar refractivity (Wildman–Crippen MR) is 102 cm³/mol. The minimum Gasteiger partial charge on any atom is -0.493 e. The maximum Gasteiger partial charge on any atom is 0.227 e. The van der Waals surface area contributed by atoms with E-state index in [9.17, 15) is 9.18 Å². The summed E-state index contributed by atoms with van der Waals surface area (Å²) in [4.78, 5) is 21.8. The second-order valence-electron chi connectivity index (χ2n) is 7.24. The molecule has 0 bridgehead atoms. The first-order valence-electron chi connectivity index (χ1n) is 9.48. The zero-order valence-corrected chi connectivity index (χ0v) is 15.5. The number of H-pyrrole nitrogens is 1. The third-order valence-corrected chi connectivity index (χ3v) is 5.27. The SMILES string of the molecule is Cc1nc2c(OC3CCOc4cc(F)ccc43)cc(N3CCCC3=O)cc2[nH]1. The fourth-order valence-corrected chi connectivity index (χ4v) is 3.97. The van der Waals surface area contributed by atoms with Gasteiger partial charge >= 0.3 is 0 Å². The number of halogens is 1. The van der Waals surface area contributed by atoms with Crippen molar-refractivity contribution in [1.29, 1.82) is 0 Å². The molecular weight excluding hydrogens is 361 g/mol. The number of benzene rings is 2. The number of aromatic nitrogens is 2. The number of fused-ring (bicyclic) bond motifs is 2. The first kappa shape index (κ1) is 17.0. The highest BCUT2D eigenvalue weighted by molar-refractivity contribution is 5.98. The number of anilines is 1. The number of carbonyl (C=O) groups is 1. The highest BCUT2D eigenvalue weighted by Crippen LogP contribution is 2.39. The number of nitrogens with zero attached hydrogens (tertiary/aromatic N) is 2. The fraction of sp³-hybridized carbons (Fsp3) is 0.333. The van der Waals surface area contributed by atoms with Crippen LogP contribution in [0, 0.1) is 12.7 Å². The van der Waals surface area contributed by atoms with Gasteiger partial charge in [0, 0.05) is 42.8 Å². The summed E-state index contributed by atoms with van der Waals surface area (Å²) in [5, 5.41) is 0. The minimum atomic E-state index is -0.334. The van der Waals surface area contributed by atoms with Gasteiger partial charge in [0.05, 0.1) is 12.1 Å². The summed E-state index contributed by atoms with van der Waals surface area (Å²) in [5.41, 5.74) is 3.18. The Bertz CT molecular complexity index is 1080. The Labute approximate surface area is 161 Å². The van der Waals surface area contributed by atoms with Crippen molar-refractivity contribution in [2.24, 2.45) is 0 Å². The molecule has 7 heteroatoms. The summed E-state index contributed by atoms with van der Waals surface area (Å²) in [6, 6.07) is 8.33. The van der Waals surface area contributed by atoms with E-state index in [-0.39, 0.29) is 17.8 Å². The molecule has 0 spiro atoms. The standard InChI is InChI=1S/C21H20FN3O3/c1-12-23-16-10-14(25-7-2-3-20(25)26)11-19(21(16)24-12)28-17-6-8-27-18-9-13(22)4-5-15(17)18/h4-5,9-11,17H,2-3,6-8H2,1H3,(H,23,24). The van der Waals surface area contributed by atoms with Crippen molar-refractivity contribution in [3.8, 4) is 11.5 Å². The molecule has 1 atom stereocenters. The Kier molecular flexibility index (Phi) is 3.96. The van der Waals surface area contributed by atoms with E-state index in [1.165, 1.54) is 12.1 Å². The molecule has 1 N–H and O–H groups in total. The largest absolute Gasteiger partial charge is 0.493 e. The van der Waals surface area contributed by atoms with Crippen molar-refractivity contribution in [2.75, 3.05) is 18.1 Å². The molecule has 1 amide bonds. The number of hydrogen-bond donors (Lipinski definition) is 1. The van der Waals surface area contributed by atoms with Gasteiger partial charge in [0.1, 0.15) is 34.8 Å². The first-order chi connectivity index (χ1) is 13.6. The Morgan fingerprint density at radius 3 is 3.04 bits per heavy atom. The second kappa shape index (κ2) is 6.51. The highest BCUT2D eigenvalue weighted by atomic mass is 19.1. The van der Waals surface area contributed by atoms with Crippen LogP contribution in [0.4, 0.5) is 10.1 Å². The van der Waals surface area contributed by atoms with Gasteiger partial charge in [-0.1, -0.05) is 0 Å². The van der Waals surface area contributed by atoms with Gasteiger partial charge in [-0.3, -0.25) is 4.79 Å². The quantitative estimate of drug-likeness (QED) is 0.744. The number of rotatable bonds is 3. The van der Waals surface area contributed by atoms with E-state index in [2.05, 4.69) is 9.97 Å². The number of imidazole rings is 1. The lowest BCUT2D eigenvalue weighted by molar-refractivity contribution is -0.117. The molecule has 0 saturated carbocycles. The molecule has 6 nitrogen and oxygen atoms in total. The molecule has 1 saturated heterocycles. The maximum atomic E-state index is 13.5. The smallest absolute Gasteiger partial charge is 0.227 e. The average molecular weight is 381 g/mol. The van der Waals surface area contributed by atoms with Crippen molar-refractivity contribution in [2.45, 2.75) is 32.3 Å². The van der Waals surface area contributed by atoms with Crippen molar-refractivity contribution >= 4 is 22.6 Å². The molecular formula is C21H20FN3O3. The molecule has 3 aromatic rings. The lowest BCUT2D eigenvalue weighted by atomic mass is 10.0. The van der Waals surface area contributed by atoms with Gasteiger partial charge in [-0.05, 0) is 31.5 Å². The van der Waals surface area contributed by atoms with Crippen LogP contribution in [0.25, 0.3) is 11.0 Å². The Balaban J connectivity index is 1.56. The van der Waals surface area contributed by atoms with Crippen LogP contribution in [-0.2, 0) is 4.79 Å². The van der Waals surface area contributed by atoms with Crippen LogP contribution in [0.15, 0.2) is 30.3 Å². The third kappa shape index (κ3) is 2.87. The summed E-state index contributed by atoms with van der Waals surface area (Å²) in [6.45, 7) is 3.04. The molecule has 0 aliphatic carbocycles. The van der Waals surface area contributed by atoms with Crippen LogP contribution < -0.4 is 14.4 Å². The van der Waals surface area contributed by atoms with Crippen molar-refractivity contribution in [1.82, 2.24) is 9.97 Å². The summed E-state index contributed by atoms with van der Waals surface area (Å²) >= 11 is 0. The maximum absolute atomic E-state index is 13.5. The molecule has 144 valence electrons. The Morgan fingerprint density at radius 2 is 2.21 bits per heavy atom. The van der Waals surface area contributed by atoms with Gasteiger partial charge < -0.3 is 19.4 Å². The lowest BCUT2D eigenvalue weighted by Crippen LogP contribution is -2.24. The van der Waals surface area contributed by atoms with Crippen molar-refractivity contribution in [3.05, 3.63) is 47.5 Å². The van der Waals surface area contributed by atoms with Crippen LogP contribution in [-0.4, -0.2) is 29.0 Å². The lowest BCUT2D eigenvalue weighted by Gasteiger charge is -2.27. The zero-order valence-electron chi connectivity index (χ0n) is 15.5. The van der Waals surface area contributed by atoms with Crippen LogP contribution in [0.3, 0.4) is 0 Å². The molecule has 2 aliphatic rings. The summed E-state index contributed by atoms with van der Waals surface area (Å²) in [6.07, 6.45) is 1.80. The second-order valence-corrected chi connectivity index (χ2v) is 7.24. The first-order valence-corrected chi connectivity index (χ1v) is 9.48. The van der Waals surface area contributed by atoms with E-state index < -0.39 is 0 Å². The summed E-state index contributed by atoms with van der Waals surface area (Å²) < 4.78 is 25.5. The van der Waals surface area contributed by atoms with E-state index in [1.54, 1.807) is 11.0 Å². The monoisotopic (exact) mass is 381 g/mol.